The SMILES string of the molecule is CCc1ccc(C(=O)NC(Cc2ccccc2)C(=O)NC2CC2)s1. The second-order valence-electron chi connectivity index (χ2n) is 6.12. The van der Waals surface area contributed by atoms with E-state index in [1.807, 2.05) is 42.5 Å². The number of hydrogen-bond acceptors (Lipinski definition) is 3. The quantitative estimate of drug-likeness (QED) is 0.813. The molecule has 0 spiro atoms. The summed E-state index contributed by atoms with van der Waals surface area (Å²) in [5.74, 6) is -0.270. The number of aryl methyl sites for hydroxylation is 1. The van der Waals surface area contributed by atoms with Gasteiger partial charge >= 0.3 is 0 Å². The number of hydrogen-bond donors (Lipinski definition) is 2. The Balaban J connectivity index is 1.70. The van der Waals surface area contributed by atoms with Gasteiger partial charge in [0.15, 0.2) is 0 Å². The van der Waals surface area contributed by atoms with Crippen molar-refractivity contribution in [1.82, 2.24) is 10.6 Å². The first kappa shape index (κ1) is 16.7. The Hall–Kier alpha value is -2.14. The molecule has 126 valence electrons. The number of carbonyl (C=O) groups is 2. The highest BCUT2D eigenvalue weighted by Crippen LogP contribution is 2.20. The van der Waals surface area contributed by atoms with Crippen LogP contribution in [-0.2, 0) is 17.6 Å². The van der Waals surface area contributed by atoms with Crippen LogP contribution in [0.4, 0.5) is 0 Å². The highest BCUT2D eigenvalue weighted by atomic mass is 32.1. The molecule has 1 heterocycles. The summed E-state index contributed by atoms with van der Waals surface area (Å²) in [6.45, 7) is 2.06. The van der Waals surface area contributed by atoms with Gasteiger partial charge in [0.1, 0.15) is 6.04 Å². The zero-order valence-corrected chi connectivity index (χ0v) is 14.6. The van der Waals surface area contributed by atoms with Crippen molar-refractivity contribution in [1.29, 1.82) is 0 Å². The van der Waals surface area contributed by atoms with Gasteiger partial charge in [0.2, 0.25) is 5.91 Å². The van der Waals surface area contributed by atoms with Gasteiger partial charge in [-0.05, 0) is 37.0 Å². The standard InChI is InChI=1S/C19H22N2O2S/c1-2-15-10-11-17(24-15)19(23)21-16(18(22)20-14-8-9-14)12-13-6-4-3-5-7-13/h3-7,10-11,14,16H,2,8-9,12H2,1H3,(H,20,22)(H,21,23). The summed E-state index contributed by atoms with van der Waals surface area (Å²) in [4.78, 5) is 26.8. The number of nitrogens with one attached hydrogen (secondary N) is 2. The van der Waals surface area contributed by atoms with Crippen LogP contribution in [0.25, 0.3) is 0 Å². The Morgan fingerprint density at radius 2 is 1.92 bits per heavy atom. The fraction of sp³-hybridized carbons (Fsp3) is 0.368. The zero-order valence-electron chi connectivity index (χ0n) is 13.7. The van der Waals surface area contributed by atoms with E-state index in [0.29, 0.717) is 11.3 Å². The zero-order chi connectivity index (χ0) is 16.9. The largest absolute Gasteiger partial charge is 0.352 e. The van der Waals surface area contributed by atoms with Gasteiger partial charge in [-0.3, -0.25) is 9.59 Å². The normalized spacial score (nSPS) is 14.9. The van der Waals surface area contributed by atoms with Gasteiger partial charge in [0.25, 0.3) is 5.91 Å². The topological polar surface area (TPSA) is 58.2 Å². The molecule has 1 unspecified atom stereocenters. The molecule has 5 heteroatoms. The lowest BCUT2D eigenvalue weighted by Gasteiger charge is -2.18. The van der Waals surface area contributed by atoms with Crippen molar-refractivity contribution in [3.05, 3.63) is 57.8 Å². The molecule has 1 aliphatic rings. The lowest BCUT2D eigenvalue weighted by Crippen LogP contribution is -2.48. The second-order valence-corrected chi connectivity index (χ2v) is 7.29. The average molecular weight is 342 g/mol. The monoisotopic (exact) mass is 342 g/mol. The molecule has 4 nitrogen and oxygen atoms in total. The predicted molar refractivity (Wildman–Crippen MR) is 96.3 cm³/mol. The molecule has 0 bridgehead atoms. The summed E-state index contributed by atoms with van der Waals surface area (Å²) >= 11 is 1.48. The van der Waals surface area contributed by atoms with Crippen LogP contribution in [0, 0.1) is 0 Å². The van der Waals surface area contributed by atoms with Crippen molar-refractivity contribution < 1.29 is 9.59 Å². The molecule has 1 saturated carbocycles. The van der Waals surface area contributed by atoms with Gasteiger partial charge in [0.05, 0.1) is 4.88 Å². The van der Waals surface area contributed by atoms with Gasteiger partial charge in [-0.15, -0.1) is 11.3 Å². The van der Waals surface area contributed by atoms with Crippen molar-refractivity contribution in [2.24, 2.45) is 0 Å². The third-order valence-corrected chi connectivity index (χ3v) is 5.29. The van der Waals surface area contributed by atoms with Crippen molar-refractivity contribution >= 4 is 23.2 Å². The Morgan fingerprint density at radius 3 is 2.54 bits per heavy atom. The van der Waals surface area contributed by atoms with Crippen LogP contribution >= 0.6 is 11.3 Å². The molecule has 1 aromatic carbocycles. The fourth-order valence-electron chi connectivity index (χ4n) is 2.51. The molecule has 0 aliphatic heterocycles. The summed E-state index contributed by atoms with van der Waals surface area (Å²) in [6, 6.07) is 13.3. The van der Waals surface area contributed by atoms with Gasteiger partial charge < -0.3 is 10.6 Å². The van der Waals surface area contributed by atoms with Crippen molar-refractivity contribution in [3.63, 3.8) is 0 Å². The molecule has 3 rings (SSSR count). The first-order valence-corrected chi connectivity index (χ1v) is 9.21. The second kappa shape index (κ2) is 7.62. The highest BCUT2D eigenvalue weighted by Gasteiger charge is 2.29. The van der Waals surface area contributed by atoms with Crippen molar-refractivity contribution in [3.8, 4) is 0 Å². The number of carbonyl (C=O) groups excluding carboxylic acids is 2. The number of thiophene rings is 1. The first-order valence-electron chi connectivity index (χ1n) is 8.39. The van der Waals surface area contributed by atoms with Crippen LogP contribution in [-0.4, -0.2) is 23.9 Å². The molecular weight excluding hydrogens is 320 g/mol. The van der Waals surface area contributed by atoms with Crippen LogP contribution < -0.4 is 10.6 Å². The minimum atomic E-state index is -0.548. The molecule has 2 aromatic rings. The lowest BCUT2D eigenvalue weighted by molar-refractivity contribution is -0.123. The highest BCUT2D eigenvalue weighted by molar-refractivity contribution is 7.14. The molecule has 1 fully saturated rings. The van der Waals surface area contributed by atoms with Crippen LogP contribution in [0.1, 0.15) is 39.9 Å². The summed E-state index contributed by atoms with van der Waals surface area (Å²) in [5, 5.41) is 5.91. The summed E-state index contributed by atoms with van der Waals surface area (Å²) in [6.07, 6.45) is 3.47. The molecule has 0 radical (unpaired) electrons. The predicted octanol–water partition coefficient (Wildman–Crippen LogP) is 2.93. The molecule has 1 aliphatic carbocycles. The van der Waals surface area contributed by atoms with E-state index in [9.17, 15) is 9.59 Å². The van der Waals surface area contributed by atoms with E-state index in [1.165, 1.54) is 16.2 Å². The van der Waals surface area contributed by atoms with Gasteiger partial charge in [0, 0.05) is 17.3 Å². The van der Waals surface area contributed by atoms with Crippen LogP contribution in [0.3, 0.4) is 0 Å². The first-order chi connectivity index (χ1) is 11.7. The van der Waals surface area contributed by atoms with Crippen molar-refractivity contribution in [2.75, 3.05) is 0 Å². The minimum Gasteiger partial charge on any atom is -0.352 e. The van der Waals surface area contributed by atoms with E-state index in [4.69, 9.17) is 0 Å². The van der Waals surface area contributed by atoms with E-state index >= 15 is 0 Å². The Bertz CT molecular complexity index is 707. The lowest BCUT2D eigenvalue weighted by atomic mass is 10.1. The van der Waals surface area contributed by atoms with Gasteiger partial charge in [-0.25, -0.2) is 0 Å². The Morgan fingerprint density at radius 1 is 1.17 bits per heavy atom. The van der Waals surface area contributed by atoms with E-state index in [0.717, 1.165) is 24.8 Å². The van der Waals surface area contributed by atoms with E-state index in [1.54, 1.807) is 0 Å². The maximum Gasteiger partial charge on any atom is 0.262 e. The summed E-state index contributed by atoms with van der Waals surface area (Å²) in [7, 11) is 0. The minimum absolute atomic E-state index is 0.0954. The smallest absolute Gasteiger partial charge is 0.262 e. The molecule has 2 amide bonds. The van der Waals surface area contributed by atoms with Crippen LogP contribution in [0.2, 0.25) is 0 Å². The van der Waals surface area contributed by atoms with Crippen LogP contribution in [0.5, 0.6) is 0 Å². The molecular formula is C19H22N2O2S. The molecule has 1 aromatic heterocycles. The molecule has 0 saturated heterocycles. The van der Waals surface area contributed by atoms with Crippen LogP contribution in [0.15, 0.2) is 42.5 Å². The summed E-state index contributed by atoms with van der Waals surface area (Å²) < 4.78 is 0. The maximum atomic E-state index is 12.5. The van der Waals surface area contributed by atoms with E-state index < -0.39 is 6.04 Å². The average Bonchev–Trinajstić information content (AvgIpc) is 3.27. The number of amides is 2. The maximum absolute atomic E-state index is 12.5. The van der Waals surface area contributed by atoms with Crippen molar-refractivity contribution in [2.45, 2.75) is 44.7 Å². The third kappa shape index (κ3) is 4.45. The molecule has 24 heavy (non-hydrogen) atoms. The summed E-state index contributed by atoms with van der Waals surface area (Å²) in [5.41, 5.74) is 1.04. The Kier molecular flexibility index (Phi) is 5.30. The van der Waals surface area contributed by atoms with Gasteiger partial charge in [-0.2, -0.15) is 0 Å². The fourth-order valence-corrected chi connectivity index (χ4v) is 3.36. The van der Waals surface area contributed by atoms with E-state index in [2.05, 4.69) is 17.6 Å². The Labute approximate surface area is 146 Å². The number of rotatable bonds is 7. The molecule has 2 N–H and O–H groups in total. The van der Waals surface area contributed by atoms with Gasteiger partial charge in [-0.1, -0.05) is 37.3 Å². The number of benzene rings is 1. The molecule has 1 atom stereocenters. The third-order valence-electron chi connectivity index (χ3n) is 4.06. The van der Waals surface area contributed by atoms with E-state index in [-0.39, 0.29) is 17.9 Å².